The molecule has 19 heteroatoms. The maximum atomic E-state index is 13.1. The molecule has 0 spiro atoms. The average Bonchev–Trinajstić information content (AvgIpc) is 0.954. The predicted molar refractivity (Wildman–Crippen MR) is 418 cm³/mol. The number of aliphatic hydroxyl groups is 1. The molecular weight excluding hydrogens is 1330 g/mol. The highest BCUT2D eigenvalue weighted by Gasteiger charge is 2.30. The highest BCUT2D eigenvalue weighted by molar-refractivity contribution is 7.47. The van der Waals surface area contributed by atoms with Crippen LogP contribution in [0, 0.1) is 11.8 Å². The summed E-state index contributed by atoms with van der Waals surface area (Å²) < 4.78 is 68.8. The topological polar surface area (TPSA) is 237 Å². The van der Waals surface area contributed by atoms with Crippen molar-refractivity contribution in [1.29, 1.82) is 0 Å². The van der Waals surface area contributed by atoms with E-state index in [1.54, 1.807) is 0 Å². The summed E-state index contributed by atoms with van der Waals surface area (Å²) in [6.07, 6.45) is 65.1. The summed E-state index contributed by atoms with van der Waals surface area (Å²) in [6.45, 7) is 9.71. The van der Waals surface area contributed by atoms with Gasteiger partial charge < -0.3 is 33.8 Å². The van der Waals surface area contributed by atoms with Crippen LogP contribution in [0.4, 0.5) is 0 Å². The Morgan fingerprint density at radius 2 is 0.451 bits per heavy atom. The summed E-state index contributed by atoms with van der Waals surface area (Å²) in [5.41, 5.74) is 0. The monoisotopic (exact) mass is 1490 g/mol. The lowest BCUT2D eigenvalue weighted by Gasteiger charge is -2.21. The predicted octanol–water partition coefficient (Wildman–Crippen LogP) is 25.1. The molecule has 0 fully saturated rings. The minimum atomic E-state index is -4.96. The molecule has 0 amide bonds. The third kappa shape index (κ3) is 76.3. The number of aliphatic hydroxyl groups excluding tert-OH is 1. The van der Waals surface area contributed by atoms with Crippen molar-refractivity contribution < 1.29 is 80.2 Å². The maximum absolute atomic E-state index is 13.1. The molecule has 0 aliphatic carbocycles. The Labute approximate surface area is 626 Å². The fraction of sp³-hybridized carbons (Fsp3) is 0.952. The second-order valence-corrected chi connectivity index (χ2v) is 33.7. The highest BCUT2D eigenvalue weighted by atomic mass is 31.2. The van der Waals surface area contributed by atoms with Crippen molar-refractivity contribution in [2.24, 2.45) is 11.8 Å². The number of hydrogen-bond acceptors (Lipinski definition) is 15. The molecular formula is C83H162O17P2. The van der Waals surface area contributed by atoms with Crippen LogP contribution in [0.25, 0.3) is 0 Å². The van der Waals surface area contributed by atoms with Crippen LogP contribution in [-0.4, -0.2) is 96.7 Å². The lowest BCUT2D eigenvalue weighted by Crippen LogP contribution is -2.30. The van der Waals surface area contributed by atoms with Crippen molar-refractivity contribution in [2.75, 3.05) is 39.6 Å². The third-order valence-corrected chi connectivity index (χ3v) is 21.4. The van der Waals surface area contributed by atoms with Gasteiger partial charge in [-0.1, -0.05) is 388 Å². The van der Waals surface area contributed by atoms with E-state index in [0.29, 0.717) is 25.7 Å². The van der Waals surface area contributed by atoms with E-state index in [0.717, 1.165) is 102 Å². The molecule has 0 bridgehead atoms. The van der Waals surface area contributed by atoms with E-state index < -0.39 is 97.5 Å². The van der Waals surface area contributed by atoms with E-state index in [9.17, 15) is 43.2 Å². The van der Waals surface area contributed by atoms with Crippen molar-refractivity contribution in [3.05, 3.63) is 0 Å². The van der Waals surface area contributed by atoms with Crippen LogP contribution in [0.5, 0.6) is 0 Å². The summed E-state index contributed by atoms with van der Waals surface area (Å²) in [5.74, 6) is -0.488. The SMILES string of the molecule is CCCCCCCCCCCCCCCCC(=O)O[C@H](COC(=O)CCCCCCCCCCCCC)COP(=O)(O)OC[C@H](O)COP(=O)(O)OC[C@@H](COC(=O)CCCCCCCCCCCCCCCCCC(C)C)OC(=O)CCCCCCCCCCCCCCCCCCC(C)C. The van der Waals surface area contributed by atoms with E-state index >= 15 is 0 Å². The largest absolute Gasteiger partial charge is 0.472 e. The fourth-order valence-corrected chi connectivity index (χ4v) is 14.5. The average molecular weight is 1490 g/mol. The van der Waals surface area contributed by atoms with Gasteiger partial charge in [0.2, 0.25) is 0 Å². The zero-order valence-corrected chi connectivity index (χ0v) is 68.7. The van der Waals surface area contributed by atoms with E-state index in [1.807, 2.05) is 0 Å². The van der Waals surface area contributed by atoms with Gasteiger partial charge in [0.1, 0.15) is 19.3 Å². The number of ether oxygens (including phenoxy) is 4. The summed E-state index contributed by atoms with van der Waals surface area (Å²) in [5, 5.41) is 10.7. The molecule has 5 atom stereocenters. The minimum absolute atomic E-state index is 0.108. The second-order valence-electron chi connectivity index (χ2n) is 30.8. The molecule has 0 saturated carbocycles. The first-order valence-electron chi connectivity index (χ1n) is 43.0. The Bertz CT molecular complexity index is 1960. The quantitative estimate of drug-likeness (QED) is 0.0222. The number of carbonyl (C=O) groups is 4. The van der Waals surface area contributed by atoms with Gasteiger partial charge in [0.15, 0.2) is 12.2 Å². The summed E-state index contributed by atoms with van der Waals surface area (Å²) in [7, 11) is -9.92. The Morgan fingerprint density at radius 1 is 0.265 bits per heavy atom. The van der Waals surface area contributed by atoms with Crippen molar-refractivity contribution in [3.8, 4) is 0 Å². The molecule has 3 N–H and O–H groups in total. The molecule has 0 rings (SSSR count). The number of hydrogen-bond donors (Lipinski definition) is 3. The molecule has 606 valence electrons. The van der Waals surface area contributed by atoms with E-state index in [-0.39, 0.29) is 25.7 Å². The van der Waals surface area contributed by atoms with E-state index in [2.05, 4.69) is 41.5 Å². The number of carbonyl (C=O) groups excluding carboxylic acids is 4. The molecule has 102 heavy (non-hydrogen) atoms. The first-order valence-corrected chi connectivity index (χ1v) is 46.0. The molecule has 2 unspecified atom stereocenters. The van der Waals surface area contributed by atoms with Gasteiger partial charge in [-0.05, 0) is 37.5 Å². The van der Waals surface area contributed by atoms with E-state index in [4.69, 9.17) is 37.0 Å². The molecule has 0 aromatic carbocycles. The van der Waals surface area contributed by atoms with Gasteiger partial charge in [-0.15, -0.1) is 0 Å². The molecule has 0 radical (unpaired) electrons. The molecule has 0 aliphatic rings. The number of phosphoric acid groups is 2. The van der Waals surface area contributed by atoms with Crippen LogP contribution in [-0.2, 0) is 65.4 Å². The number of rotatable bonds is 82. The Kier molecular flexibility index (Phi) is 73.1. The number of unbranched alkanes of at least 4 members (excludes halogenated alkanes) is 52. The second kappa shape index (κ2) is 74.5. The Balaban J connectivity index is 5.24. The van der Waals surface area contributed by atoms with Crippen molar-refractivity contribution in [1.82, 2.24) is 0 Å². The normalized spacial score (nSPS) is 13.9. The van der Waals surface area contributed by atoms with Gasteiger partial charge >= 0.3 is 39.5 Å². The van der Waals surface area contributed by atoms with Gasteiger partial charge in [-0.25, -0.2) is 9.13 Å². The number of esters is 4. The van der Waals surface area contributed by atoms with Gasteiger partial charge in [-0.3, -0.25) is 37.3 Å². The lowest BCUT2D eigenvalue weighted by molar-refractivity contribution is -0.161. The zero-order chi connectivity index (χ0) is 74.9. The van der Waals surface area contributed by atoms with Gasteiger partial charge in [0.25, 0.3) is 0 Å². The van der Waals surface area contributed by atoms with Gasteiger partial charge in [-0.2, -0.15) is 0 Å². The summed E-state index contributed by atoms with van der Waals surface area (Å²) in [4.78, 5) is 73.1. The fourth-order valence-electron chi connectivity index (χ4n) is 12.9. The van der Waals surface area contributed by atoms with Crippen LogP contribution in [0.15, 0.2) is 0 Å². The summed E-state index contributed by atoms with van der Waals surface area (Å²) >= 11 is 0. The van der Waals surface area contributed by atoms with Crippen LogP contribution >= 0.6 is 15.6 Å². The zero-order valence-electron chi connectivity index (χ0n) is 66.9. The smallest absolute Gasteiger partial charge is 0.462 e. The summed E-state index contributed by atoms with van der Waals surface area (Å²) in [6, 6.07) is 0. The molecule has 0 saturated heterocycles. The molecule has 0 aliphatic heterocycles. The maximum Gasteiger partial charge on any atom is 0.472 e. The van der Waals surface area contributed by atoms with Crippen molar-refractivity contribution in [3.63, 3.8) is 0 Å². The van der Waals surface area contributed by atoms with Gasteiger partial charge in [0.05, 0.1) is 26.4 Å². The third-order valence-electron chi connectivity index (χ3n) is 19.5. The molecule has 0 heterocycles. The van der Waals surface area contributed by atoms with E-state index in [1.165, 1.54) is 257 Å². The Hall–Kier alpha value is -1.94. The van der Waals surface area contributed by atoms with Crippen molar-refractivity contribution >= 4 is 39.5 Å². The first kappa shape index (κ1) is 100. The Morgan fingerprint density at radius 3 is 0.667 bits per heavy atom. The van der Waals surface area contributed by atoms with Gasteiger partial charge in [0, 0.05) is 25.7 Å². The van der Waals surface area contributed by atoms with Crippen molar-refractivity contribution in [2.45, 2.75) is 458 Å². The van der Waals surface area contributed by atoms with Crippen LogP contribution < -0.4 is 0 Å². The molecule has 17 nitrogen and oxygen atoms in total. The first-order chi connectivity index (χ1) is 49.4. The highest BCUT2D eigenvalue weighted by Crippen LogP contribution is 2.45. The van der Waals surface area contributed by atoms with Crippen LogP contribution in [0.3, 0.4) is 0 Å². The van der Waals surface area contributed by atoms with Crippen LogP contribution in [0.2, 0.25) is 0 Å². The van der Waals surface area contributed by atoms with Crippen LogP contribution in [0.1, 0.15) is 440 Å². The number of phosphoric ester groups is 2. The lowest BCUT2D eigenvalue weighted by atomic mass is 10.0. The standard InChI is InChI=1S/C83H162O17P2/c1-7-9-11-13-15-17-19-20-30-37-43-49-55-61-67-82(87)99-78(71-93-80(85)65-59-53-47-41-33-18-16-14-12-10-8-2)73-97-101(89,90)95-69-77(84)70-96-102(91,92)98-74-79(72-94-81(86)66-60-54-48-42-36-31-27-23-25-29-35-40-46-52-58-64-76(5)6)100-83(88)68-62-56-50-44-38-32-26-22-21-24-28-34-39-45-51-57-63-75(3)4/h75-79,84H,7-74H2,1-6H3,(H,89,90)(H,91,92)/t77-,78+,79+/m0/s1. The minimum Gasteiger partial charge on any atom is -0.462 e. The molecule has 0 aromatic heterocycles. The molecule has 0 aromatic rings.